The lowest BCUT2D eigenvalue weighted by atomic mass is 10.0. The average Bonchev–Trinajstić information content (AvgIpc) is 3.00. The van der Waals surface area contributed by atoms with Crippen LogP contribution in [0.3, 0.4) is 0 Å². The molecule has 0 aliphatic heterocycles. The van der Waals surface area contributed by atoms with Gasteiger partial charge < -0.3 is 14.5 Å². The van der Waals surface area contributed by atoms with Crippen molar-refractivity contribution < 1.29 is 13.9 Å². The fourth-order valence-corrected chi connectivity index (χ4v) is 3.12. The van der Waals surface area contributed by atoms with Crippen molar-refractivity contribution in [3.63, 3.8) is 0 Å². The van der Waals surface area contributed by atoms with Crippen LogP contribution in [0, 0.1) is 12.8 Å². The molecule has 0 saturated carbocycles. The molecule has 1 aromatic heterocycles. The van der Waals surface area contributed by atoms with Crippen molar-refractivity contribution in [3.05, 3.63) is 41.3 Å². The predicted molar refractivity (Wildman–Crippen MR) is 107 cm³/mol. The minimum atomic E-state index is -0.559. The van der Waals surface area contributed by atoms with Gasteiger partial charge in [-0.1, -0.05) is 55.4 Å². The molecule has 1 heterocycles. The molecule has 0 bridgehead atoms. The van der Waals surface area contributed by atoms with Crippen LogP contribution in [0.25, 0.3) is 0 Å². The van der Waals surface area contributed by atoms with E-state index in [4.69, 9.17) is 9.15 Å². The highest BCUT2D eigenvalue weighted by molar-refractivity contribution is 7.98. The molecule has 0 aliphatic carbocycles. The molecule has 148 valence electrons. The van der Waals surface area contributed by atoms with Crippen LogP contribution in [0.2, 0.25) is 0 Å². The molecule has 0 spiro atoms. The van der Waals surface area contributed by atoms with Crippen molar-refractivity contribution in [1.82, 2.24) is 15.5 Å². The number of rotatable bonds is 7. The van der Waals surface area contributed by atoms with Gasteiger partial charge in [0.15, 0.2) is 0 Å². The summed E-state index contributed by atoms with van der Waals surface area (Å²) in [6.07, 6.45) is 0.198. The van der Waals surface area contributed by atoms with E-state index in [0.717, 1.165) is 5.75 Å². The van der Waals surface area contributed by atoms with Crippen molar-refractivity contribution >= 4 is 17.9 Å². The number of carbonyl (C=O) groups excluding carboxylic acids is 1. The Morgan fingerprint density at radius 1 is 1.22 bits per heavy atom. The first kappa shape index (κ1) is 21.3. The second-order valence-electron chi connectivity index (χ2n) is 8.01. The van der Waals surface area contributed by atoms with Crippen molar-refractivity contribution in [2.45, 2.75) is 70.6 Å². The Labute approximate surface area is 165 Å². The summed E-state index contributed by atoms with van der Waals surface area (Å²) in [5.41, 5.74) is 1.86. The highest BCUT2D eigenvalue weighted by Gasteiger charge is 2.25. The van der Waals surface area contributed by atoms with Crippen LogP contribution in [0.15, 0.2) is 33.9 Å². The van der Waals surface area contributed by atoms with E-state index in [1.165, 1.54) is 22.9 Å². The molecule has 1 atom stereocenters. The Hall–Kier alpha value is -2.02. The molecule has 1 aromatic carbocycles. The molecule has 0 unspecified atom stereocenters. The maximum atomic E-state index is 12.1. The summed E-state index contributed by atoms with van der Waals surface area (Å²) in [6.45, 7) is 11.7. The van der Waals surface area contributed by atoms with E-state index < -0.39 is 11.7 Å². The summed E-state index contributed by atoms with van der Waals surface area (Å²) in [6, 6.07) is 7.97. The summed E-state index contributed by atoms with van der Waals surface area (Å²) in [5, 5.41) is 11.6. The number of nitrogens with zero attached hydrogens (tertiary/aromatic N) is 2. The van der Waals surface area contributed by atoms with E-state index in [2.05, 4.69) is 60.6 Å². The van der Waals surface area contributed by atoms with Crippen LogP contribution >= 0.6 is 11.8 Å². The number of amides is 1. The van der Waals surface area contributed by atoms with Gasteiger partial charge in [-0.15, -0.1) is 10.2 Å². The first-order valence-corrected chi connectivity index (χ1v) is 10.1. The molecule has 2 rings (SSSR count). The van der Waals surface area contributed by atoms with E-state index in [1.54, 1.807) is 0 Å². The fraction of sp³-hybridized carbons (Fsp3) is 0.550. The Morgan fingerprint density at radius 3 is 2.48 bits per heavy atom. The summed E-state index contributed by atoms with van der Waals surface area (Å²) < 4.78 is 11.1. The number of aryl methyl sites for hydroxylation is 1. The van der Waals surface area contributed by atoms with Gasteiger partial charge in [-0.25, -0.2) is 4.79 Å². The van der Waals surface area contributed by atoms with Gasteiger partial charge in [-0.3, -0.25) is 0 Å². The zero-order valence-electron chi connectivity index (χ0n) is 16.9. The van der Waals surface area contributed by atoms with E-state index in [1.807, 2.05) is 20.8 Å². The third-order valence-corrected chi connectivity index (χ3v) is 4.49. The number of hydrogen-bond donors (Lipinski definition) is 1. The van der Waals surface area contributed by atoms with Gasteiger partial charge in [0.05, 0.1) is 0 Å². The monoisotopic (exact) mass is 391 g/mol. The number of nitrogens with one attached hydrogen (secondary N) is 1. The number of alkyl carbamates (subject to hydrolysis) is 1. The number of thioether (sulfide) groups is 1. The van der Waals surface area contributed by atoms with Crippen LogP contribution < -0.4 is 5.32 Å². The van der Waals surface area contributed by atoms with Crippen LogP contribution in [-0.4, -0.2) is 21.9 Å². The minimum absolute atomic E-state index is 0.348. The molecule has 1 N–H and O–H groups in total. The van der Waals surface area contributed by atoms with Crippen molar-refractivity contribution in [1.29, 1.82) is 0 Å². The van der Waals surface area contributed by atoms with Gasteiger partial charge in [0.2, 0.25) is 5.89 Å². The largest absolute Gasteiger partial charge is 0.444 e. The van der Waals surface area contributed by atoms with Gasteiger partial charge in [0.1, 0.15) is 11.6 Å². The quantitative estimate of drug-likeness (QED) is 0.647. The van der Waals surface area contributed by atoms with Crippen molar-refractivity contribution in [3.8, 4) is 0 Å². The first-order chi connectivity index (χ1) is 12.6. The van der Waals surface area contributed by atoms with Gasteiger partial charge in [-0.2, -0.15) is 0 Å². The molecular weight excluding hydrogens is 362 g/mol. The lowest BCUT2D eigenvalue weighted by molar-refractivity contribution is 0.0487. The summed E-state index contributed by atoms with van der Waals surface area (Å²) in [5.74, 6) is 1.50. The van der Waals surface area contributed by atoms with E-state index in [-0.39, 0.29) is 6.04 Å². The molecule has 0 fully saturated rings. The Morgan fingerprint density at radius 2 is 1.89 bits per heavy atom. The standard InChI is InChI=1S/C20H29N3O3S/c1-13(2)11-16(21-18(24)26-20(4,5)6)17-22-23-19(25-17)27-12-15-9-7-14(3)8-10-15/h7-10,13,16H,11-12H2,1-6H3,(H,21,24)/t16-/m1/s1. The third-order valence-electron chi connectivity index (χ3n) is 3.60. The Bertz CT molecular complexity index is 736. The van der Waals surface area contributed by atoms with Crippen molar-refractivity contribution in [2.75, 3.05) is 0 Å². The van der Waals surface area contributed by atoms with Crippen LogP contribution in [0.5, 0.6) is 0 Å². The maximum absolute atomic E-state index is 12.1. The zero-order valence-corrected chi connectivity index (χ0v) is 17.7. The summed E-state index contributed by atoms with van der Waals surface area (Å²) in [4.78, 5) is 12.1. The zero-order chi connectivity index (χ0) is 20.0. The highest BCUT2D eigenvalue weighted by Crippen LogP contribution is 2.26. The number of benzene rings is 1. The van der Waals surface area contributed by atoms with E-state index in [9.17, 15) is 4.79 Å². The molecule has 1 amide bonds. The molecular formula is C20H29N3O3S. The lowest BCUT2D eigenvalue weighted by Crippen LogP contribution is -2.35. The number of aromatic nitrogens is 2. The summed E-state index contributed by atoms with van der Waals surface area (Å²) in [7, 11) is 0. The number of hydrogen-bond acceptors (Lipinski definition) is 6. The molecule has 6 nitrogen and oxygen atoms in total. The van der Waals surface area contributed by atoms with Crippen LogP contribution in [-0.2, 0) is 10.5 Å². The van der Waals surface area contributed by atoms with Crippen molar-refractivity contribution in [2.24, 2.45) is 5.92 Å². The maximum Gasteiger partial charge on any atom is 0.408 e. The van der Waals surface area contributed by atoms with Gasteiger partial charge in [0.25, 0.3) is 5.22 Å². The molecule has 0 saturated heterocycles. The number of ether oxygens (including phenoxy) is 1. The van der Waals surface area contributed by atoms with E-state index >= 15 is 0 Å². The Balaban J connectivity index is 2.01. The Kier molecular flexibility index (Phi) is 7.30. The van der Waals surface area contributed by atoms with Gasteiger partial charge in [-0.05, 0) is 45.6 Å². The highest BCUT2D eigenvalue weighted by atomic mass is 32.2. The molecule has 27 heavy (non-hydrogen) atoms. The molecule has 0 radical (unpaired) electrons. The lowest BCUT2D eigenvalue weighted by Gasteiger charge is -2.22. The first-order valence-electron chi connectivity index (χ1n) is 9.13. The second-order valence-corrected chi connectivity index (χ2v) is 8.94. The van der Waals surface area contributed by atoms with Gasteiger partial charge >= 0.3 is 6.09 Å². The SMILES string of the molecule is Cc1ccc(CSc2nnc([C@@H](CC(C)C)NC(=O)OC(C)(C)C)o2)cc1. The van der Waals surface area contributed by atoms with E-state index in [0.29, 0.717) is 23.5 Å². The summed E-state index contributed by atoms with van der Waals surface area (Å²) >= 11 is 1.48. The third kappa shape index (κ3) is 7.62. The van der Waals surface area contributed by atoms with Crippen LogP contribution in [0.1, 0.15) is 64.1 Å². The molecule has 2 aromatic rings. The molecule has 7 heteroatoms. The topological polar surface area (TPSA) is 77.2 Å². The van der Waals surface area contributed by atoms with Crippen LogP contribution in [0.4, 0.5) is 4.79 Å². The smallest absolute Gasteiger partial charge is 0.408 e. The predicted octanol–water partition coefficient (Wildman–Crippen LogP) is 5.28. The molecule has 0 aliphatic rings. The minimum Gasteiger partial charge on any atom is -0.444 e. The second kappa shape index (κ2) is 9.26. The fourth-order valence-electron chi connectivity index (χ4n) is 2.39. The normalized spacial score (nSPS) is 12.9. The van der Waals surface area contributed by atoms with Gasteiger partial charge in [0, 0.05) is 5.75 Å². The average molecular weight is 392 g/mol. The number of carbonyl (C=O) groups is 1.